The number of benzene rings is 2. The van der Waals surface area contributed by atoms with E-state index in [0.29, 0.717) is 19.7 Å². The number of hydrogen-bond acceptors (Lipinski definition) is 3. The molecule has 24 heavy (non-hydrogen) atoms. The van der Waals surface area contributed by atoms with Crippen molar-refractivity contribution in [1.29, 1.82) is 0 Å². The van der Waals surface area contributed by atoms with Crippen LogP contribution in [0.5, 0.6) is 5.75 Å². The highest BCUT2D eigenvalue weighted by Crippen LogP contribution is 2.16. The Morgan fingerprint density at radius 3 is 2.54 bits per heavy atom. The molecular weight excluding hydrogens is 302 g/mol. The van der Waals surface area contributed by atoms with E-state index in [1.165, 1.54) is 5.56 Å². The van der Waals surface area contributed by atoms with Crippen LogP contribution in [0.25, 0.3) is 0 Å². The molecule has 0 unspecified atom stereocenters. The van der Waals surface area contributed by atoms with Crippen LogP contribution in [0.3, 0.4) is 0 Å². The number of ether oxygens (including phenoxy) is 2. The molecule has 0 saturated carbocycles. The summed E-state index contributed by atoms with van der Waals surface area (Å²) in [5.74, 6) is 0.739. The minimum absolute atomic E-state index is 0.00620. The van der Waals surface area contributed by atoms with Gasteiger partial charge in [0, 0.05) is 13.1 Å². The molecule has 0 atom stereocenters. The Morgan fingerprint density at radius 2 is 1.83 bits per heavy atom. The van der Waals surface area contributed by atoms with Crippen molar-refractivity contribution in [3.8, 4) is 5.75 Å². The molecule has 1 amide bonds. The lowest BCUT2D eigenvalue weighted by atomic mass is 10.1. The fourth-order valence-corrected chi connectivity index (χ4v) is 2.59. The van der Waals surface area contributed by atoms with Crippen LogP contribution < -0.4 is 4.74 Å². The second-order valence-corrected chi connectivity index (χ2v) is 6.32. The molecule has 1 aliphatic rings. The van der Waals surface area contributed by atoms with Crippen molar-refractivity contribution < 1.29 is 14.3 Å². The normalized spacial score (nSPS) is 14.3. The van der Waals surface area contributed by atoms with Gasteiger partial charge in [0.2, 0.25) is 0 Å². The van der Waals surface area contributed by atoms with Gasteiger partial charge >= 0.3 is 0 Å². The molecule has 2 aromatic rings. The number of hydrogen-bond donors (Lipinski definition) is 0. The van der Waals surface area contributed by atoms with E-state index < -0.39 is 0 Å². The van der Waals surface area contributed by atoms with Crippen LogP contribution in [0.1, 0.15) is 16.7 Å². The lowest BCUT2D eigenvalue weighted by Crippen LogP contribution is -2.55. The van der Waals surface area contributed by atoms with Gasteiger partial charge in [-0.05, 0) is 37.1 Å². The van der Waals surface area contributed by atoms with Gasteiger partial charge in [0.15, 0.2) is 6.61 Å². The maximum atomic E-state index is 12.1. The monoisotopic (exact) mass is 325 g/mol. The number of rotatable bonds is 6. The number of amides is 1. The fraction of sp³-hybridized carbons (Fsp3) is 0.350. The summed E-state index contributed by atoms with van der Waals surface area (Å²) in [5, 5.41) is 0. The molecule has 0 aliphatic carbocycles. The SMILES string of the molecule is Cc1ccc(COC2CN(C(=O)COc3cccc(C)c3)C2)cc1. The zero-order chi connectivity index (χ0) is 16.9. The van der Waals surface area contributed by atoms with Crippen molar-refractivity contribution in [1.82, 2.24) is 4.90 Å². The molecule has 1 heterocycles. The molecule has 0 spiro atoms. The Hall–Kier alpha value is -2.33. The summed E-state index contributed by atoms with van der Waals surface area (Å²) in [5.41, 5.74) is 3.52. The van der Waals surface area contributed by atoms with Gasteiger partial charge in [0.25, 0.3) is 5.91 Å². The molecule has 4 heteroatoms. The smallest absolute Gasteiger partial charge is 0.260 e. The van der Waals surface area contributed by atoms with Crippen LogP contribution >= 0.6 is 0 Å². The van der Waals surface area contributed by atoms with Gasteiger partial charge in [-0.3, -0.25) is 4.79 Å². The van der Waals surface area contributed by atoms with E-state index in [2.05, 4.69) is 31.2 Å². The topological polar surface area (TPSA) is 38.8 Å². The quantitative estimate of drug-likeness (QED) is 0.819. The van der Waals surface area contributed by atoms with Crippen LogP contribution in [0.4, 0.5) is 0 Å². The summed E-state index contributed by atoms with van der Waals surface area (Å²) in [4.78, 5) is 13.9. The number of carbonyl (C=O) groups excluding carboxylic acids is 1. The zero-order valence-corrected chi connectivity index (χ0v) is 14.2. The van der Waals surface area contributed by atoms with Crippen molar-refractivity contribution in [2.75, 3.05) is 19.7 Å². The lowest BCUT2D eigenvalue weighted by molar-refractivity contribution is -0.148. The molecular formula is C20H23NO3. The third kappa shape index (κ3) is 4.36. The molecule has 126 valence electrons. The molecule has 1 saturated heterocycles. The maximum absolute atomic E-state index is 12.1. The summed E-state index contributed by atoms with van der Waals surface area (Å²) >= 11 is 0. The Labute approximate surface area is 143 Å². The van der Waals surface area contributed by atoms with Crippen molar-refractivity contribution in [3.05, 3.63) is 65.2 Å². The molecule has 0 bridgehead atoms. The minimum atomic E-state index is 0.00620. The van der Waals surface area contributed by atoms with Gasteiger partial charge in [0.1, 0.15) is 5.75 Å². The molecule has 4 nitrogen and oxygen atoms in total. The highest BCUT2D eigenvalue weighted by Gasteiger charge is 2.31. The summed E-state index contributed by atoms with van der Waals surface area (Å²) in [6, 6.07) is 16.0. The molecule has 0 aromatic heterocycles. The van der Waals surface area contributed by atoms with Crippen molar-refractivity contribution in [3.63, 3.8) is 0 Å². The maximum Gasteiger partial charge on any atom is 0.260 e. The number of carbonyl (C=O) groups is 1. The van der Waals surface area contributed by atoms with Gasteiger partial charge in [-0.1, -0.05) is 42.0 Å². The third-order valence-electron chi connectivity index (χ3n) is 4.16. The van der Waals surface area contributed by atoms with Gasteiger partial charge in [0.05, 0.1) is 12.7 Å². The average molecular weight is 325 g/mol. The Balaban J connectivity index is 1.36. The second-order valence-electron chi connectivity index (χ2n) is 6.32. The molecule has 3 rings (SSSR count). The van der Waals surface area contributed by atoms with E-state index in [1.54, 1.807) is 4.90 Å². The standard InChI is InChI=1S/C20H23NO3/c1-15-6-8-17(9-7-15)13-23-19-11-21(12-19)20(22)14-24-18-5-3-4-16(2)10-18/h3-10,19H,11-14H2,1-2H3. The van der Waals surface area contributed by atoms with Crippen LogP contribution in [-0.2, 0) is 16.1 Å². The largest absolute Gasteiger partial charge is 0.484 e. The predicted molar refractivity (Wildman–Crippen MR) is 93.0 cm³/mol. The van der Waals surface area contributed by atoms with Crippen LogP contribution in [0, 0.1) is 13.8 Å². The van der Waals surface area contributed by atoms with Crippen LogP contribution in [0.2, 0.25) is 0 Å². The molecule has 1 aliphatic heterocycles. The Bertz CT molecular complexity index is 690. The van der Waals surface area contributed by atoms with Crippen molar-refractivity contribution in [2.24, 2.45) is 0 Å². The number of aryl methyl sites for hydroxylation is 2. The average Bonchev–Trinajstić information content (AvgIpc) is 2.53. The first-order chi connectivity index (χ1) is 11.6. The van der Waals surface area contributed by atoms with Gasteiger partial charge in [-0.2, -0.15) is 0 Å². The second kappa shape index (κ2) is 7.49. The molecule has 0 radical (unpaired) electrons. The highest BCUT2D eigenvalue weighted by atomic mass is 16.5. The van der Waals surface area contributed by atoms with E-state index in [-0.39, 0.29) is 18.6 Å². The van der Waals surface area contributed by atoms with Crippen molar-refractivity contribution in [2.45, 2.75) is 26.6 Å². The van der Waals surface area contributed by atoms with E-state index in [0.717, 1.165) is 16.9 Å². The van der Waals surface area contributed by atoms with Crippen molar-refractivity contribution >= 4 is 5.91 Å². The van der Waals surface area contributed by atoms with Crippen LogP contribution in [0.15, 0.2) is 48.5 Å². The summed E-state index contributed by atoms with van der Waals surface area (Å²) < 4.78 is 11.4. The summed E-state index contributed by atoms with van der Waals surface area (Å²) in [6.45, 7) is 6.02. The van der Waals surface area contributed by atoms with E-state index >= 15 is 0 Å². The molecule has 0 N–H and O–H groups in total. The summed E-state index contributed by atoms with van der Waals surface area (Å²) in [7, 11) is 0. The lowest BCUT2D eigenvalue weighted by Gasteiger charge is -2.38. The predicted octanol–water partition coefficient (Wildman–Crippen LogP) is 3.11. The first-order valence-electron chi connectivity index (χ1n) is 8.24. The number of likely N-dealkylation sites (tertiary alicyclic amines) is 1. The molecule has 2 aromatic carbocycles. The van der Waals surface area contributed by atoms with E-state index in [4.69, 9.17) is 9.47 Å². The van der Waals surface area contributed by atoms with E-state index in [9.17, 15) is 4.79 Å². The van der Waals surface area contributed by atoms with Gasteiger partial charge in [-0.15, -0.1) is 0 Å². The van der Waals surface area contributed by atoms with Gasteiger partial charge < -0.3 is 14.4 Å². The Kier molecular flexibility index (Phi) is 5.16. The fourth-order valence-electron chi connectivity index (χ4n) is 2.59. The third-order valence-corrected chi connectivity index (χ3v) is 4.16. The minimum Gasteiger partial charge on any atom is -0.484 e. The summed E-state index contributed by atoms with van der Waals surface area (Å²) in [6.07, 6.45) is 0.120. The van der Waals surface area contributed by atoms with Crippen LogP contribution in [-0.4, -0.2) is 36.6 Å². The first-order valence-corrected chi connectivity index (χ1v) is 8.24. The number of nitrogens with zero attached hydrogens (tertiary/aromatic N) is 1. The van der Waals surface area contributed by atoms with E-state index in [1.807, 2.05) is 31.2 Å². The van der Waals surface area contributed by atoms with Gasteiger partial charge in [-0.25, -0.2) is 0 Å². The first kappa shape index (κ1) is 16.5. The Morgan fingerprint density at radius 1 is 1.08 bits per heavy atom. The zero-order valence-electron chi connectivity index (χ0n) is 14.2. The highest BCUT2D eigenvalue weighted by molar-refractivity contribution is 5.78. The molecule has 1 fully saturated rings.